The lowest BCUT2D eigenvalue weighted by atomic mass is 10.2. The first-order valence-corrected chi connectivity index (χ1v) is 5.00. The predicted octanol–water partition coefficient (Wildman–Crippen LogP) is 2.34. The SMILES string of the molecule is S=c1[nH]nc(-c2ccc3nccnc3c2)o1. The highest BCUT2D eigenvalue weighted by atomic mass is 32.1. The Hall–Kier alpha value is -2.08. The largest absolute Gasteiger partial charge is 0.409 e. The Morgan fingerprint density at radius 2 is 1.94 bits per heavy atom. The summed E-state index contributed by atoms with van der Waals surface area (Å²) in [7, 11) is 0. The van der Waals surface area contributed by atoms with Crippen LogP contribution in [0.1, 0.15) is 0 Å². The second-order valence-corrected chi connectivity index (χ2v) is 3.55. The van der Waals surface area contributed by atoms with Gasteiger partial charge in [0.1, 0.15) is 0 Å². The minimum atomic E-state index is 0.259. The first-order chi connectivity index (χ1) is 7.83. The van der Waals surface area contributed by atoms with E-state index in [9.17, 15) is 0 Å². The van der Waals surface area contributed by atoms with Gasteiger partial charge in [0.2, 0.25) is 5.89 Å². The van der Waals surface area contributed by atoms with Crippen molar-refractivity contribution in [2.75, 3.05) is 0 Å². The maximum absolute atomic E-state index is 5.22. The molecule has 2 heterocycles. The van der Waals surface area contributed by atoms with Crippen LogP contribution >= 0.6 is 12.2 Å². The van der Waals surface area contributed by atoms with Gasteiger partial charge in [0.15, 0.2) is 0 Å². The summed E-state index contributed by atoms with van der Waals surface area (Å²) in [5.41, 5.74) is 2.45. The highest BCUT2D eigenvalue weighted by molar-refractivity contribution is 7.71. The molecule has 0 fully saturated rings. The van der Waals surface area contributed by atoms with Gasteiger partial charge >= 0.3 is 0 Å². The average Bonchev–Trinajstić information content (AvgIpc) is 2.75. The molecule has 0 bridgehead atoms. The third kappa shape index (κ3) is 1.49. The molecule has 5 nitrogen and oxygen atoms in total. The molecule has 78 valence electrons. The zero-order chi connectivity index (χ0) is 11.0. The van der Waals surface area contributed by atoms with E-state index in [1.54, 1.807) is 12.4 Å². The lowest BCUT2D eigenvalue weighted by molar-refractivity contribution is 0.552. The number of rotatable bonds is 1. The lowest BCUT2D eigenvalue weighted by Gasteiger charge is -1.97. The molecule has 6 heteroatoms. The maximum Gasteiger partial charge on any atom is 0.284 e. The van der Waals surface area contributed by atoms with Gasteiger partial charge in [-0.2, -0.15) is 0 Å². The van der Waals surface area contributed by atoms with Gasteiger partial charge in [0, 0.05) is 18.0 Å². The highest BCUT2D eigenvalue weighted by Gasteiger charge is 2.05. The molecule has 0 spiro atoms. The fourth-order valence-electron chi connectivity index (χ4n) is 1.45. The maximum atomic E-state index is 5.22. The Labute approximate surface area is 95.2 Å². The third-order valence-corrected chi connectivity index (χ3v) is 2.33. The van der Waals surface area contributed by atoms with E-state index in [0.717, 1.165) is 16.6 Å². The van der Waals surface area contributed by atoms with Crippen LogP contribution in [0.15, 0.2) is 35.0 Å². The molecule has 0 aliphatic heterocycles. The molecule has 0 atom stereocenters. The van der Waals surface area contributed by atoms with E-state index in [1.165, 1.54) is 0 Å². The molecule has 0 aliphatic carbocycles. The zero-order valence-corrected chi connectivity index (χ0v) is 8.86. The Morgan fingerprint density at radius 1 is 1.12 bits per heavy atom. The van der Waals surface area contributed by atoms with Gasteiger partial charge in [-0.25, -0.2) is 5.10 Å². The number of hydrogen-bond acceptors (Lipinski definition) is 5. The van der Waals surface area contributed by atoms with Gasteiger partial charge in [-0.1, -0.05) is 0 Å². The van der Waals surface area contributed by atoms with Crippen LogP contribution in [0.4, 0.5) is 0 Å². The van der Waals surface area contributed by atoms with Crippen molar-refractivity contribution in [3.63, 3.8) is 0 Å². The number of hydrogen-bond donors (Lipinski definition) is 1. The van der Waals surface area contributed by atoms with E-state index >= 15 is 0 Å². The van der Waals surface area contributed by atoms with Crippen LogP contribution in [0.3, 0.4) is 0 Å². The highest BCUT2D eigenvalue weighted by Crippen LogP contribution is 2.20. The molecule has 0 aliphatic rings. The van der Waals surface area contributed by atoms with Crippen LogP contribution in [0.2, 0.25) is 0 Å². The first-order valence-electron chi connectivity index (χ1n) is 4.59. The van der Waals surface area contributed by atoms with Crippen molar-refractivity contribution in [2.24, 2.45) is 0 Å². The smallest absolute Gasteiger partial charge is 0.284 e. The minimum Gasteiger partial charge on any atom is -0.409 e. The number of nitrogens with one attached hydrogen (secondary N) is 1. The number of benzene rings is 1. The monoisotopic (exact) mass is 230 g/mol. The van der Waals surface area contributed by atoms with E-state index in [2.05, 4.69) is 20.2 Å². The Bertz CT molecular complexity index is 703. The summed E-state index contributed by atoms with van der Waals surface area (Å²) in [6.45, 7) is 0. The molecule has 0 saturated heterocycles. The third-order valence-electron chi connectivity index (χ3n) is 2.15. The van der Waals surface area contributed by atoms with Crippen LogP contribution in [0, 0.1) is 4.84 Å². The second kappa shape index (κ2) is 3.49. The molecule has 0 saturated carbocycles. The summed E-state index contributed by atoms with van der Waals surface area (Å²) in [5.74, 6) is 0.456. The van der Waals surface area contributed by atoms with Crippen molar-refractivity contribution in [3.05, 3.63) is 35.4 Å². The standard InChI is InChI=1S/C10H6N4OS/c16-10-14-13-9(15-10)6-1-2-7-8(5-6)12-4-3-11-7/h1-5H,(H,14,16). The van der Waals surface area contributed by atoms with Gasteiger partial charge < -0.3 is 4.42 Å². The summed E-state index contributed by atoms with van der Waals surface area (Å²) < 4.78 is 5.22. The van der Waals surface area contributed by atoms with Crippen molar-refractivity contribution in [3.8, 4) is 11.5 Å². The minimum absolute atomic E-state index is 0.259. The van der Waals surface area contributed by atoms with Gasteiger partial charge in [-0.3, -0.25) is 9.97 Å². The predicted molar refractivity (Wildman–Crippen MR) is 60.2 cm³/mol. The molecule has 0 unspecified atom stereocenters. The van der Waals surface area contributed by atoms with Gasteiger partial charge in [-0.05, 0) is 30.4 Å². The fourth-order valence-corrected chi connectivity index (χ4v) is 1.57. The molecule has 16 heavy (non-hydrogen) atoms. The number of H-pyrrole nitrogens is 1. The van der Waals surface area contributed by atoms with Crippen molar-refractivity contribution in [2.45, 2.75) is 0 Å². The van der Waals surface area contributed by atoms with Crippen molar-refractivity contribution >= 4 is 23.3 Å². The van der Waals surface area contributed by atoms with Crippen LogP contribution in [-0.4, -0.2) is 20.2 Å². The van der Waals surface area contributed by atoms with E-state index in [1.807, 2.05) is 18.2 Å². The lowest BCUT2D eigenvalue weighted by Crippen LogP contribution is -1.84. The zero-order valence-electron chi connectivity index (χ0n) is 8.04. The molecule has 1 N–H and O–H groups in total. The van der Waals surface area contributed by atoms with Crippen LogP contribution in [0.25, 0.3) is 22.5 Å². The van der Waals surface area contributed by atoms with E-state index in [0.29, 0.717) is 5.89 Å². The van der Waals surface area contributed by atoms with Gasteiger partial charge in [-0.15, -0.1) is 5.10 Å². The van der Waals surface area contributed by atoms with Crippen LogP contribution in [-0.2, 0) is 0 Å². The molecule has 0 radical (unpaired) electrons. The number of aromatic nitrogens is 4. The quantitative estimate of drug-likeness (QED) is 0.650. The second-order valence-electron chi connectivity index (χ2n) is 3.18. The number of fused-ring (bicyclic) bond motifs is 1. The molecule has 0 amide bonds. The average molecular weight is 230 g/mol. The van der Waals surface area contributed by atoms with Gasteiger partial charge in [0.05, 0.1) is 11.0 Å². The molecule has 3 aromatic rings. The molecule has 2 aromatic heterocycles. The molecule has 3 rings (SSSR count). The molecular weight excluding hydrogens is 224 g/mol. The summed E-state index contributed by atoms with van der Waals surface area (Å²) in [5, 5.41) is 6.53. The number of nitrogens with zero attached hydrogens (tertiary/aromatic N) is 3. The van der Waals surface area contributed by atoms with E-state index in [4.69, 9.17) is 16.6 Å². The fraction of sp³-hybridized carbons (Fsp3) is 0. The van der Waals surface area contributed by atoms with Crippen LogP contribution < -0.4 is 0 Å². The summed E-state index contributed by atoms with van der Waals surface area (Å²) >= 11 is 4.82. The topological polar surface area (TPSA) is 67.6 Å². The molecular formula is C10H6N4OS. The van der Waals surface area contributed by atoms with Crippen molar-refractivity contribution in [1.82, 2.24) is 20.2 Å². The van der Waals surface area contributed by atoms with E-state index in [-0.39, 0.29) is 4.84 Å². The van der Waals surface area contributed by atoms with Crippen LogP contribution in [0.5, 0.6) is 0 Å². The van der Waals surface area contributed by atoms with Crippen molar-refractivity contribution < 1.29 is 4.42 Å². The summed E-state index contributed by atoms with van der Waals surface area (Å²) in [6.07, 6.45) is 3.30. The Balaban J connectivity index is 2.22. The summed E-state index contributed by atoms with van der Waals surface area (Å²) in [6, 6.07) is 5.59. The number of aromatic amines is 1. The van der Waals surface area contributed by atoms with E-state index < -0.39 is 0 Å². The Morgan fingerprint density at radius 3 is 2.69 bits per heavy atom. The summed E-state index contributed by atoms with van der Waals surface area (Å²) in [4.78, 5) is 8.64. The first kappa shape index (κ1) is 9.17. The normalized spacial score (nSPS) is 10.8. The molecule has 1 aromatic carbocycles. The van der Waals surface area contributed by atoms with Crippen molar-refractivity contribution in [1.29, 1.82) is 0 Å². The van der Waals surface area contributed by atoms with Gasteiger partial charge in [0.25, 0.3) is 4.84 Å². The Kier molecular flexibility index (Phi) is 2.00.